The van der Waals surface area contributed by atoms with Crippen molar-refractivity contribution in [3.8, 4) is 0 Å². The maximum Gasteiger partial charge on any atom is 0.330 e. The van der Waals surface area contributed by atoms with E-state index in [1.165, 1.54) is 12.2 Å². The lowest BCUT2D eigenvalue weighted by Crippen LogP contribution is -2.58. The van der Waals surface area contributed by atoms with Crippen LogP contribution >= 0.6 is 0 Å². The fourth-order valence-electron chi connectivity index (χ4n) is 1.93. The molecule has 1 unspecified atom stereocenters. The molecule has 0 radical (unpaired) electrons. The number of ether oxygens (including phenoxy) is 1. The first kappa shape index (κ1) is 19.4. The molecule has 0 fully saturated rings. The Morgan fingerprint density at radius 2 is 1.76 bits per heavy atom. The summed E-state index contributed by atoms with van der Waals surface area (Å²) in [6.45, 7) is 13.3. The molecule has 0 aromatic carbocycles. The van der Waals surface area contributed by atoms with Crippen LogP contribution in [0.4, 0.5) is 0 Å². The van der Waals surface area contributed by atoms with Crippen LogP contribution in [0.1, 0.15) is 33.6 Å². The molecule has 0 saturated heterocycles. The fourth-order valence-corrected chi connectivity index (χ4v) is 1.93. The summed E-state index contributed by atoms with van der Waals surface area (Å²) >= 11 is 0. The molecule has 1 amide bonds. The molecule has 1 atom stereocenters. The van der Waals surface area contributed by atoms with E-state index in [1.54, 1.807) is 0 Å². The van der Waals surface area contributed by atoms with Crippen molar-refractivity contribution in [2.75, 3.05) is 20.6 Å². The van der Waals surface area contributed by atoms with Gasteiger partial charge in [-0.3, -0.25) is 4.79 Å². The maximum absolute atomic E-state index is 11.6. The lowest BCUT2D eigenvalue weighted by Gasteiger charge is -2.47. The van der Waals surface area contributed by atoms with Crippen LogP contribution < -0.4 is 5.32 Å². The van der Waals surface area contributed by atoms with Crippen LogP contribution in [0.25, 0.3) is 0 Å². The van der Waals surface area contributed by atoms with Crippen LogP contribution in [0.5, 0.6) is 0 Å². The first-order chi connectivity index (χ1) is 9.60. The topological polar surface area (TPSA) is 58.6 Å². The van der Waals surface area contributed by atoms with E-state index < -0.39 is 11.6 Å². The fraction of sp³-hybridized carbons (Fsp3) is 0.625. The second kappa shape index (κ2) is 7.98. The highest BCUT2D eigenvalue weighted by atomic mass is 16.6. The van der Waals surface area contributed by atoms with Crippen LogP contribution in [0, 0.1) is 0 Å². The summed E-state index contributed by atoms with van der Waals surface area (Å²) < 4.78 is 5.62. The van der Waals surface area contributed by atoms with Gasteiger partial charge in [-0.15, -0.1) is 0 Å². The third-order valence-corrected chi connectivity index (χ3v) is 4.22. The molecule has 120 valence electrons. The molecular formula is C16H28N2O3. The van der Waals surface area contributed by atoms with Gasteiger partial charge in [0.05, 0.1) is 5.54 Å². The number of rotatable bonds is 9. The number of nitrogens with zero attached hydrogens (tertiary/aromatic N) is 1. The van der Waals surface area contributed by atoms with Crippen molar-refractivity contribution in [1.82, 2.24) is 10.2 Å². The number of carbonyl (C=O) groups excluding carboxylic acids is 2. The van der Waals surface area contributed by atoms with Crippen molar-refractivity contribution in [3.63, 3.8) is 0 Å². The molecule has 0 aliphatic rings. The number of nitrogens with one attached hydrogen (secondary N) is 1. The van der Waals surface area contributed by atoms with Crippen molar-refractivity contribution in [2.24, 2.45) is 0 Å². The number of carbonyl (C=O) groups is 2. The summed E-state index contributed by atoms with van der Waals surface area (Å²) in [5.74, 6) is -0.644. The third kappa shape index (κ3) is 5.34. The van der Waals surface area contributed by atoms with E-state index in [1.807, 2.05) is 39.8 Å². The molecule has 21 heavy (non-hydrogen) atoms. The monoisotopic (exact) mass is 296 g/mol. The molecule has 1 N–H and O–H groups in total. The summed E-state index contributed by atoms with van der Waals surface area (Å²) in [6, 6.07) is 0. The highest BCUT2D eigenvalue weighted by molar-refractivity contribution is 5.86. The van der Waals surface area contributed by atoms with Crippen molar-refractivity contribution in [3.05, 3.63) is 25.3 Å². The number of hydrogen-bond acceptors (Lipinski definition) is 4. The summed E-state index contributed by atoms with van der Waals surface area (Å²) in [5, 5.41) is 2.72. The first-order valence-electron chi connectivity index (χ1n) is 7.04. The summed E-state index contributed by atoms with van der Waals surface area (Å²) in [4.78, 5) is 24.8. The average molecular weight is 296 g/mol. The minimum Gasteiger partial charge on any atom is -0.454 e. The minimum atomic E-state index is -0.694. The number of amides is 1. The van der Waals surface area contributed by atoms with Crippen LogP contribution in [0.2, 0.25) is 0 Å². The Bertz CT molecular complexity index is 402. The smallest absolute Gasteiger partial charge is 0.330 e. The molecule has 0 heterocycles. The first-order valence-corrected chi connectivity index (χ1v) is 7.04. The molecule has 0 aromatic rings. The maximum atomic E-state index is 11.6. The predicted molar refractivity (Wildman–Crippen MR) is 84.9 cm³/mol. The number of hydrogen-bond donors (Lipinski definition) is 1. The van der Waals surface area contributed by atoms with E-state index in [0.29, 0.717) is 19.4 Å². The number of likely N-dealkylation sites (N-methyl/N-ethyl adjacent to an activating group) is 1. The molecule has 5 heteroatoms. The lowest BCUT2D eigenvalue weighted by atomic mass is 9.79. The van der Waals surface area contributed by atoms with Crippen molar-refractivity contribution < 1.29 is 14.3 Å². The van der Waals surface area contributed by atoms with E-state index in [2.05, 4.69) is 18.5 Å². The summed E-state index contributed by atoms with van der Waals surface area (Å²) in [6.07, 6.45) is 3.72. The van der Waals surface area contributed by atoms with E-state index in [9.17, 15) is 9.59 Å². The van der Waals surface area contributed by atoms with Crippen molar-refractivity contribution in [1.29, 1.82) is 0 Å². The van der Waals surface area contributed by atoms with E-state index >= 15 is 0 Å². The van der Waals surface area contributed by atoms with Gasteiger partial charge in [0.15, 0.2) is 0 Å². The average Bonchev–Trinajstić information content (AvgIpc) is 2.42. The van der Waals surface area contributed by atoms with Gasteiger partial charge in [-0.25, -0.2) is 4.79 Å². The molecule has 0 rings (SSSR count). The molecule has 5 nitrogen and oxygen atoms in total. The highest BCUT2D eigenvalue weighted by Gasteiger charge is 2.45. The molecule has 0 saturated carbocycles. The Morgan fingerprint density at radius 1 is 1.19 bits per heavy atom. The molecule has 0 bridgehead atoms. The Balaban J connectivity index is 4.89. The molecule has 0 aliphatic carbocycles. The van der Waals surface area contributed by atoms with Gasteiger partial charge >= 0.3 is 5.97 Å². The van der Waals surface area contributed by atoms with E-state index in [-0.39, 0.29) is 11.4 Å². The van der Waals surface area contributed by atoms with Gasteiger partial charge in [0.2, 0.25) is 5.91 Å². The van der Waals surface area contributed by atoms with Crippen LogP contribution in [0.15, 0.2) is 25.3 Å². The lowest BCUT2D eigenvalue weighted by molar-refractivity contribution is -0.168. The van der Waals surface area contributed by atoms with Gasteiger partial charge in [-0.2, -0.15) is 0 Å². The van der Waals surface area contributed by atoms with Gasteiger partial charge in [-0.1, -0.05) is 13.2 Å². The molecular weight excluding hydrogens is 268 g/mol. The Morgan fingerprint density at radius 3 is 2.19 bits per heavy atom. The van der Waals surface area contributed by atoms with Gasteiger partial charge in [0.25, 0.3) is 0 Å². The van der Waals surface area contributed by atoms with Gasteiger partial charge in [0, 0.05) is 12.6 Å². The zero-order chi connectivity index (χ0) is 16.7. The van der Waals surface area contributed by atoms with Crippen LogP contribution in [-0.4, -0.2) is 48.6 Å². The normalized spacial score (nSPS) is 14.2. The second-order valence-electron chi connectivity index (χ2n) is 5.91. The van der Waals surface area contributed by atoms with Crippen molar-refractivity contribution >= 4 is 11.9 Å². The quantitative estimate of drug-likeness (QED) is 0.401. The van der Waals surface area contributed by atoms with E-state index in [0.717, 1.165) is 0 Å². The number of esters is 1. The van der Waals surface area contributed by atoms with E-state index in [4.69, 9.17) is 4.74 Å². The Labute approximate surface area is 128 Å². The summed E-state index contributed by atoms with van der Waals surface area (Å²) in [5.41, 5.74) is -1.06. The zero-order valence-electron chi connectivity index (χ0n) is 13.9. The van der Waals surface area contributed by atoms with Gasteiger partial charge in [-0.05, 0) is 53.8 Å². The third-order valence-electron chi connectivity index (χ3n) is 4.22. The van der Waals surface area contributed by atoms with Crippen LogP contribution in [0.3, 0.4) is 0 Å². The second-order valence-corrected chi connectivity index (χ2v) is 5.91. The Kier molecular flexibility index (Phi) is 7.36. The minimum absolute atomic E-state index is 0.202. The molecule has 0 aliphatic heterocycles. The van der Waals surface area contributed by atoms with Crippen LogP contribution in [-0.2, 0) is 14.3 Å². The van der Waals surface area contributed by atoms with Gasteiger partial charge in [0.1, 0.15) is 5.60 Å². The molecule has 0 aromatic heterocycles. The zero-order valence-corrected chi connectivity index (χ0v) is 13.9. The van der Waals surface area contributed by atoms with Crippen molar-refractivity contribution in [2.45, 2.75) is 44.8 Å². The Hall–Kier alpha value is -1.62. The summed E-state index contributed by atoms with van der Waals surface area (Å²) in [7, 11) is 3.89. The van der Waals surface area contributed by atoms with Gasteiger partial charge < -0.3 is 15.0 Å². The highest BCUT2D eigenvalue weighted by Crippen LogP contribution is 2.34. The SMILES string of the molecule is C=CC(=O)NCCCC(C)(OC(=O)C=C)C(C)(C)N(C)C. The standard InChI is InChI=1S/C16H28N2O3/c1-8-13(19)17-12-10-11-16(5,21-14(20)9-2)15(3,4)18(6)7/h8-9H,1-2,10-12H2,3-7H3,(H,17,19). The largest absolute Gasteiger partial charge is 0.454 e. The predicted octanol–water partition coefficient (Wildman–Crippen LogP) is 1.90. The molecule has 0 spiro atoms.